The molecule has 2 unspecified atom stereocenters. The Labute approximate surface area is 354 Å². The van der Waals surface area contributed by atoms with E-state index in [4.69, 9.17) is 15.0 Å². The first-order valence-electron chi connectivity index (χ1n) is 21.2. The van der Waals surface area contributed by atoms with Gasteiger partial charge in [0, 0.05) is 28.0 Å². The van der Waals surface area contributed by atoms with E-state index < -0.39 is 0 Å². The van der Waals surface area contributed by atoms with Crippen molar-refractivity contribution < 1.29 is 0 Å². The first-order valence-corrected chi connectivity index (χ1v) is 21.2. The first-order chi connectivity index (χ1) is 30.3. The highest BCUT2D eigenvalue weighted by atomic mass is 15.0. The van der Waals surface area contributed by atoms with Gasteiger partial charge in [-0.25, -0.2) is 15.0 Å². The number of fused-ring (bicyclic) bond motifs is 16. The molecular formula is C58H37N3. The second kappa shape index (κ2) is 13.1. The van der Waals surface area contributed by atoms with Gasteiger partial charge in [0.15, 0.2) is 17.5 Å². The molecule has 3 aliphatic rings. The van der Waals surface area contributed by atoms with Gasteiger partial charge in [0.1, 0.15) is 0 Å². The second-order valence-electron chi connectivity index (χ2n) is 16.6. The molecule has 0 bridgehead atoms. The maximum Gasteiger partial charge on any atom is 0.164 e. The molecule has 0 radical (unpaired) electrons. The Morgan fingerprint density at radius 1 is 0.393 bits per heavy atom. The monoisotopic (exact) mass is 775 g/mol. The maximum absolute atomic E-state index is 5.19. The van der Waals surface area contributed by atoms with Crippen LogP contribution in [0.4, 0.5) is 0 Å². The van der Waals surface area contributed by atoms with Crippen LogP contribution in [0.5, 0.6) is 0 Å². The van der Waals surface area contributed by atoms with Crippen LogP contribution in [-0.2, 0) is 5.41 Å². The molecule has 1 spiro atoms. The zero-order valence-corrected chi connectivity index (χ0v) is 33.3. The number of hydrogen-bond acceptors (Lipinski definition) is 3. The third kappa shape index (κ3) is 4.89. The molecule has 10 aromatic rings. The Morgan fingerprint density at radius 2 is 0.967 bits per heavy atom. The second-order valence-corrected chi connectivity index (χ2v) is 16.6. The van der Waals surface area contributed by atoms with Crippen LogP contribution in [0.2, 0.25) is 0 Å². The molecule has 3 aliphatic carbocycles. The summed E-state index contributed by atoms with van der Waals surface area (Å²) in [5, 5.41) is 7.13. The summed E-state index contributed by atoms with van der Waals surface area (Å²) in [4.78, 5) is 15.4. The van der Waals surface area contributed by atoms with Gasteiger partial charge >= 0.3 is 0 Å². The van der Waals surface area contributed by atoms with Gasteiger partial charge in [-0.2, -0.15) is 0 Å². The number of rotatable bonds is 4. The molecule has 284 valence electrons. The molecule has 0 saturated carbocycles. The number of benzene rings is 9. The van der Waals surface area contributed by atoms with Gasteiger partial charge in [0.2, 0.25) is 0 Å². The molecule has 0 amide bonds. The average molecular weight is 776 g/mol. The van der Waals surface area contributed by atoms with Crippen LogP contribution in [0.1, 0.15) is 34.6 Å². The van der Waals surface area contributed by atoms with E-state index in [-0.39, 0.29) is 5.41 Å². The van der Waals surface area contributed by atoms with Crippen molar-refractivity contribution in [1.29, 1.82) is 0 Å². The van der Waals surface area contributed by atoms with Crippen molar-refractivity contribution in [2.24, 2.45) is 0 Å². The van der Waals surface area contributed by atoms with Crippen LogP contribution >= 0.6 is 0 Å². The van der Waals surface area contributed by atoms with Crippen LogP contribution in [0.3, 0.4) is 0 Å². The summed E-state index contributed by atoms with van der Waals surface area (Å²) < 4.78 is 0. The van der Waals surface area contributed by atoms with E-state index in [2.05, 4.69) is 170 Å². The van der Waals surface area contributed by atoms with Gasteiger partial charge < -0.3 is 0 Å². The number of allylic oxidation sites excluding steroid dienone is 4. The van der Waals surface area contributed by atoms with Gasteiger partial charge in [-0.05, 0) is 95.6 Å². The Bertz CT molecular complexity index is 3450. The Kier molecular flexibility index (Phi) is 7.35. The largest absolute Gasteiger partial charge is 0.208 e. The Balaban J connectivity index is 1.02. The van der Waals surface area contributed by atoms with E-state index >= 15 is 0 Å². The van der Waals surface area contributed by atoms with Crippen LogP contribution in [0.15, 0.2) is 212 Å². The molecule has 3 heteroatoms. The van der Waals surface area contributed by atoms with Crippen molar-refractivity contribution in [3.63, 3.8) is 0 Å². The summed E-state index contributed by atoms with van der Waals surface area (Å²) in [5.74, 6) is 2.36. The van der Waals surface area contributed by atoms with Gasteiger partial charge in [0.25, 0.3) is 0 Å². The lowest BCUT2D eigenvalue weighted by atomic mass is 9.69. The van der Waals surface area contributed by atoms with E-state index in [9.17, 15) is 0 Å². The third-order valence-corrected chi connectivity index (χ3v) is 13.5. The van der Waals surface area contributed by atoms with Gasteiger partial charge in [-0.3, -0.25) is 0 Å². The van der Waals surface area contributed by atoms with Crippen LogP contribution < -0.4 is 0 Å². The van der Waals surface area contributed by atoms with Crippen molar-refractivity contribution in [1.82, 2.24) is 15.0 Å². The molecule has 1 heterocycles. The number of nitrogens with zero attached hydrogens (tertiary/aromatic N) is 3. The number of hydrogen-bond donors (Lipinski definition) is 0. The molecule has 0 aliphatic heterocycles. The molecule has 3 nitrogen and oxygen atoms in total. The van der Waals surface area contributed by atoms with Crippen molar-refractivity contribution >= 4 is 32.3 Å². The van der Waals surface area contributed by atoms with Crippen molar-refractivity contribution in [2.45, 2.75) is 17.8 Å². The normalized spacial score (nSPS) is 17.0. The van der Waals surface area contributed by atoms with E-state index in [0.717, 1.165) is 28.5 Å². The van der Waals surface area contributed by atoms with Crippen molar-refractivity contribution in [3.8, 4) is 56.4 Å². The summed E-state index contributed by atoms with van der Waals surface area (Å²) in [7, 11) is 0. The highest BCUT2D eigenvalue weighted by Crippen LogP contribution is 2.65. The molecule has 61 heavy (non-hydrogen) atoms. The van der Waals surface area contributed by atoms with E-state index in [1.807, 2.05) is 36.4 Å². The lowest BCUT2D eigenvalue weighted by Gasteiger charge is -2.32. The molecule has 9 aromatic carbocycles. The minimum Gasteiger partial charge on any atom is -0.208 e. The summed E-state index contributed by atoms with van der Waals surface area (Å²) in [6.45, 7) is 0. The summed E-state index contributed by atoms with van der Waals surface area (Å²) in [6.07, 6.45) is 8.05. The fraction of sp³-hybridized carbons (Fsp3) is 0.0517. The predicted octanol–water partition coefficient (Wildman–Crippen LogP) is 14.3. The SMILES string of the molecule is C1=CCC2C(=C1)C1(c3ccccc3-c3cc(-c4ccc5c(c4)c4ccccc4c4cccc(-c6nc(-c7ccccc7)nc(-c7ccccc7)n6)c45)ccc31)c1ccccc12. The first kappa shape index (κ1) is 34.1. The van der Waals surface area contributed by atoms with Crippen molar-refractivity contribution in [3.05, 3.63) is 234 Å². The molecule has 2 atom stereocenters. The predicted molar refractivity (Wildman–Crippen MR) is 250 cm³/mol. The molecule has 1 aromatic heterocycles. The summed E-state index contributed by atoms with van der Waals surface area (Å²) in [6, 6.07) is 68.3. The minimum atomic E-state index is -0.291. The number of aromatic nitrogens is 3. The highest BCUT2D eigenvalue weighted by Gasteiger charge is 2.54. The lowest BCUT2D eigenvalue weighted by molar-refractivity contribution is 0.708. The molecule has 0 N–H and O–H groups in total. The third-order valence-electron chi connectivity index (χ3n) is 13.5. The Morgan fingerprint density at radius 3 is 1.75 bits per heavy atom. The fourth-order valence-electron chi connectivity index (χ4n) is 11.0. The zero-order chi connectivity index (χ0) is 40.1. The smallest absolute Gasteiger partial charge is 0.164 e. The summed E-state index contributed by atoms with van der Waals surface area (Å²) in [5.41, 5.74) is 14.8. The highest BCUT2D eigenvalue weighted by molar-refractivity contribution is 6.28. The quantitative estimate of drug-likeness (QED) is 0.167. The lowest BCUT2D eigenvalue weighted by Crippen LogP contribution is -2.27. The maximum atomic E-state index is 5.19. The fourth-order valence-corrected chi connectivity index (χ4v) is 11.0. The zero-order valence-electron chi connectivity index (χ0n) is 33.3. The van der Waals surface area contributed by atoms with Gasteiger partial charge in [-0.1, -0.05) is 194 Å². The van der Waals surface area contributed by atoms with Gasteiger partial charge in [-0.15, -0.1) is 0 Å². The van der Waals surface area contributed by atoms with Crippen LogP contribution in [0, 0.1) is 0 Å². The topological polar surface area (TPSA) is 38.7 Å². The van der Waals surface area contributed by atoms with E-state index in [1.165, 1.54) is 77.0 Å². The molecule has 0 fully saturated rings. The molecular weight excluding hydrogens is 739 g/mol. The molecule has 13 rings (SSSR count). The summed E-state index contributed by atoms with van der Waals surface area (Å²) >= 11 is 0. The average Bonchev–Trinajstić information content (AvgIpc) is 3.81. The van der Waals surface area contributed by atoms with Crippen molar-refractivity contribution in [2.75, 3.05) is 0 Å². The van der Waals surface area contributed by atoms with Crippen LogP contribution in [0.25, 0.3) is 88.7 Å². The van der Waals surface area contributed by atoms with Crippen LogP contribution in [-0.4, -0.2) is 15.0 Å². The van der Waals surface area contributed by atoms with E-state index in [1.54, 1.807) is 0 Å². The minimum absolute atomic E-state index is 0.291. The standard InChI is InChI=1S/C58H37N3/c1-3-16-36(17-4-1)55-59-56(37-18-5-2-6-19-37)61-57(60-55)47-26-15-25-45-40-20-7-8-21-41(40)48-34-38(30-32-46(48)54(45)47)39-31-33-53-49(35-39)44-24-11-14-29-52(44)58(53)50-27-12-9-22-42(50)43-23-10-13-28-51(43)58/h1-22,24-35,43H,23H2. The Hall–Kier alpha value is -7.75. The van der Waals surface area contributed by atoms with E-state index in [0.29, 0.717) is 23.4 Å². The molecule has 0 saturated heterocycles. The van der Waals surface area contributed by atoms with Gasteiger partial charge in [0.05, 0.1) is 5.41 Å².